The van der Waals surface area contributed by atoms with Crippen molar-refractivity contribution in [2.45, 2.75) is 12.5 Å². The number of benzene rings is 1. The van der Waals surface area contributed by atoms with E-state index in [1.807, 2.05) is 0 Å². The average Bonchev–Trinajstić information content (AvgIpc) is 2.83. The smallest absolute Gasteiger partial charge is 0.229 e. The van der Waals surface area contributed by atoms with Gasteiger partial charge in [-0.05, 0) is 24.3 Å². The third kappa shape index (κ3) is 3.50. The van der Waals surface area contributed by atoms with E-state index in [9.17, 15) is 22.4 Å². The molecule has 134 valence electrons. The number of allylic oxidation sites excluding steroid dienone is 1. The highest BCUT2D eigenvalue weighted by molar-refractivity contribution is 7.88. The van der Waals surface area contributed by atoms with Crippen LogP contribution in [0.2, 0.25) is 0 Å². The summed E-state index contributed by atoms with van der Waals surface area (Å²) in [6.45, 7) is 0. The van der Waals surface area contributed by atoms with Crippen LogP contribution in [-0.2, 0) is 19.6 Å². The number of sulfonamides is 1. The molecule has 0 heterocycles. The summed E-state index contributed by atoms with van der Waals surface area (Å²) >= 11 is 0. The number of nitrogens with zero attached hydrogens (tertiary/aromatic N) is 1. The summed E-state index contributed by atoms with van der Waals surface area (Å²) in [5, 5.41) is 8.90. The summed E-state index contributed by atoms with van der Waals surface area (Å²) < 4.78 is 44.4. The lowest BCUT2D eigenvalue weighted by atomic mass is 9.89. The number of ketones is 2. The van der Waals surface area contributed by atoms with Gasteiger partial charge in [-0.3, -0.25) is 14.3 Å². The fraction of sp³-hybridized carbons (Fsp3) is 0.235. The lowest BCUT2D eigenvalue weighted by molar-refractivity contribution is -0.123. The lowest BCUT2D eigenvalue weighted by Crippen LogP contribution is -2.35. The monoisotopic (exact) mass is 376 g/mol. The van der Waals surface area contributed by atoms with Crippen molar-refractivity contribution in [3.8, 4) is 11.8 Å². The zero-order valence-electron chi connectivity index (χ0n) is 13.5. The summed E-state index contributed by atoms with van der Waals surface area (Å²) in [6, 6.07) is 5.20. The van der Waals surface area contributed by atoms with Crippen molar-refractivity contribution in [2.24, 2.45) is 5.92 Å². The van der Waals surface area contributed by atoms with E-state index in [4.69, 9.17) is 10.00 Å². The molecule has 3 rings (SSSR count). The Kier molecular flexibility index (Phi) is 4.38. The Balaban J connectivity index is 1.96. The molecule has 26 heavy (non-hydrogen) atoms. The Morgan fingerprint density at radius 2 is 2.04 bits per heavy atom. The Bertz CT molecular complexity index is 1020. The molecular formula is C17H13FN2O5S. The molecule has 0 bridgehead atoms. The molecule has 2 aliphatic carbocycles. The second-order valence-corrected chi connectivity index (χ2v) is 7.72. The molecule has 0 aliphatic heterocycles. The first-order valence-electron chi connectivity index (χ1n) is 7.51. The third-order valence-corrected chi connectivity index (χ3v) is 4.52. The van der Waals surface area contributed by atoms with Crippen molar-refractivity contribution >= 4 is 21.6 Å². The molecule has 0 saturated heterocycles. The van der Waals surface area contributed by atoms with Gasteiger partial charge in [0.25, 0.3) is 0 Å². The van der Waals surface area contributed by atoms with Crippen molar-refractivity contribution in [1.82, 2.24) is 4.72 Å². The van der Waals surface area contributed by atoms with Gasteiger partial charge < -0.3 is 4.74 Å². The standard InChI is InChI=1S/C17H13FN2O5S/c1-26(23,24)20-12-2-3-15(17-14(22)7-13(21)16(12)17)25-11-5-9(8-19)4-10(18)6-11/h2-6,15,17,20H,7H2,1H3. The van der Waals surface area contributed by atoms with Gasteiger partial charge in [0.1, 0.15) is 17.7 Å². The van der Waals surface area contributed by atoms with Crippen LogP contribution in [-0.4, -0.2) is 32.3 Å². The predicted molar refractivity (Wildman–Crippen MR) is 87.8 cm³/mol. The number of carbonyl (C=O) groups excluding carboxylic acids is 2. The van der Waals surface area contributed by atoms with E-state index in [-0.39, 0.29) is 29.0 Å². The normalized spacial score (nSPS) is 22.2. The number of hydrogen-bond donors (Lipinski definition) is 1. The van der Waals surface area contributed by atoms with E-state index in [0.717, 1.165) is 18.4 Å². The molecule has 1 aromatic rings. The van der Waals surface area contributed by atoms with E-state index in [1.165, 1.54) is 18.2 Å². The number of nitrogens with one attached hydrogen (secondary N) is 1. The first kappa shape index (κ1) is 17.8. The molecule has 2 atom stereocenters. The van der Waals surface area contributed by atoms with Gasteiger partial charge in [-0.1, -0.05) is 0 Å². The minimum atomic E-state index is -3.64. The minimum Gasteiger partial charge on any atom is -0.485 e. The van der Waals surface area contributed by atoms with Crippen molar-refractivity contribution in [2.75, 3.05) is 6.26 Å². The van der Waals surface area contributed by atoms with Crippen LogP contribution in [0.25, 0.3) is 0 Å². The van der Waals surface area contributed by atoms with Gasteiger partial charge in [-0.15, -0.1) is 0 Å². The SMILES string of the molecule is CS(=O)(=O)NC1=C2C(=O)CC(=O)C2C(Oc2cc(F)cc(C#N)c2)C=C1. The van der Waals surface area contributed by atoms with Crippen LogP contribution in [0.1, 0.15) is 12.0 Å². The van der Waals surface area contributed by atoms with E-state index < -0.39 is 39.4 Å². The molecule has 0 radical (unpaired) electrons. The largest absolute Gasteiger partial charge is 0.485 e. The number of carbonyl (C=O) groups is 2. The molecule has 0 aromatic heterocycles. The van der Waals surface area contributed by atoms with Crippen LogP contribution in [0.3, 0.4) is 0 Å². The highest BCUT2D eigenvalue weighted by atomic mass is 32.2. The van der Waals surface area contributed by atoms with Crippen LogP contribution < -0.4 is 9.46 Å². The summed E-state index contributed by atoms with van der Waals surface area (Å²) in [6.07, 6.45) is 2.43. The van der Waals surface area contributed by atoms with Gasteiger partial charge in [0.05, 0.1) is 35.9 Å². The number of halogens is 1. The number of rotatable bonds is 4. The summed E-state index contributed by atoms with van der Waals surface area (Å²) in [7, 11) is -3.64. The maximum atomic E-state index is 13.6. The van der Waals surface area contributed by atoms with Crippen LogP contribution in [0, 0.1) is 23.1 Å². The Morgan fingerprint density at radius 3 is 2.69 bits per heavy atom. The highest BCUT2D eigenvalue weighted by Crippen LogP contribution is 2.36. The van der Waals surface area contributed by atoms with Gasteiger partial charge >= 0.3 is 0 Å². The summed E-state index contributed by atoms with van der Waals surface area (Å²) in [4.78, 5) is 24.4. The minimum absolute atomic E-state index is 0.0298. The molecule has 1 aromatic carbocycles. The van der Waals surface area contributed by atoms with E-state index >= 15 is 0 Å². The first-order valence-corrected chi connectivity index (χ1v) is 9.40. The van der Waals surface area contributed by atoms with Crippen molar-refractivity contribution in [3.05, 3.63) is 53.0 Å². The van der Waals surface area contributed by atoms with Crippen LogP contribution in [0.5, 0.6) is 5.75 Å². The third-order valence-electron chi connectivity index (χ3n) is 3.93. The molecule has 2 aliphatic rings. The summed E-state index contributed by atoms with van der Waals surface area (Å²) in [5.74, 6) is -2.54. The van der Waals surface area contributed by atoms with Crippen LogP contribution in [0.4, 0.5) is 4.39 Å². The number of hydrogen-bond acceptors (Lipinski definition) is 6. The van der Waals surface area contributed by atoms with E-state index in [0.29, 0.717) is 0 Å². The van der Waals surface area contributed by atoms with Gasteiger partial charge in [-0.2, -0.15) is 5.26 Å². The molecule has 1 N–H and O–H groups in total. The molecular weight excluding hydrogens is 363 g/mol. The molecule has 1 fully saturated rings. The van der Waals surface area contributed by atoms with Gasteiger partial charge in [0.2, 0.25) is 10.0 Å². The Labute approximate surface area is 148 Å². The lowest BCUT2D eigenvalue weighted by Gasteiger charge is -2.26. The number of nitriles is 1. The van der Waals surface area contributed by atoms with Gasteiger partial charge in [-0.25, -0.2) is 12.8 Å². The molecule has 7 nitrogen and oxygen atoms in total. The van der Waals surface area contributed by atoms with Crippen molar-refractivity contribution in [3.63, 3.8) is 0 Å². The highest BCUT2D eigenvalue weighted by Gasteiger charge is 2.45. The fourth-order valence-corrected chi connectivity index (χ4v) is 3.58. The molecule has 9 heteroatoms. The maximum absolute atomic E-state index is 13.6. The predicted octanol–water partition coefficient (Wildman–Crippen LogP) is 0.976. The molecule has 0 spiro atoms. The zero-order chi connectivity index (χ0) is 19.1. The number of Topliss-reactive ketones (excluding diaryl/α,β-unsaturated/α-hetero) is 2. The fourth-order valence-electron chi connectivity index (χ4n) is 3.00. The van der Waals surface area contributed by atoms with E-state index in [1.54, 1.807) is 6.07 Å². The molecule has 2 unspecified atom stereocenters. The number of ether oxygens (including phenoxy) is 1. The topological polar surface area (TPSA) is 113 Å². The quantitative estimate of drug-likeness (QED) is 0.784. The van der Waals surface area contributed by atoms with Gasteiger partial charge in [0.15, 0.2) is 11.6 Å². The second kappa shape index (κ2) is 6.38. The van der Waals surface area contributed by atoms with E-state index in [2.05, 4.69) is 4.72 Å². The average molecular weight is 376 g/mol. The zero-order valence-corrected chi connectivity index (χ0v) is 14.3. The van der Waals surface area contributed by atoms with Crippen LogP contribution >= 0.6 is 0 Å². The van der Waals surface area contributed by atoms with Crippen LogP contribution in [0.15, 0.2) is 41.6 Å². The Hall–Kier alpha value is -2.99. The second-order valence-electron chi connectivity index (χ2n) is 5.97. The van der Waals surface area contributed by atoms with Crippen molar-refractivity contribution in [1.29, 1.82) is 5.26 Å². The number of fused-ring (bicyclic) bond motifs is 1. The maximum Gasteiger partial charge on any atom is 0.229 e. The summed E-state index contributed by atoms with van der Waals surface area (Å²) in [5.41, 5.74) is 0.110. The van der Waals surface area contributed by atoms with Gasteiger partial charge in [0, 0.05) is 11.6 Å². The molecule has 0 amide bonds. The van der Waals surface area contributed by atoms with Crippen molar-refractivity contribution < 1.29 is 27.1 Å². The Morgan fingerprint density at radius 1 is 1.31 bits per heavy atom. The first-order chi connectivity index (χ1) is 12.2. The molecule has 1 saturated carbocycles.